The van der Waals surface area contributed by atoms with Crippen LogP contribution in [-0.2, 0) is 4.74 Å². The Morgan fingerprint density at radius 3 is 2.87 bits per heavy atom. The SMILES string of the molecule is C=C(C)CCC(CCC1CCCO1)NC. The Morgan fingerprint density at radius 1 is 1.53 bits per heavy atom. The predicted molar refractivity (Wildman–Crippen MR) is 65.1 cm³/mol. The first-order valence-electron chi connectivity index (χ1n) is 6.15. The zero-order valence-corrected chi connectivity index (χ0v) is 10.2. The van der Waals surface area contributed by atoms with Crippen LogP contribution in [0.5, 0.6) is 0 Å². The lowest BCUT2D eigenvalue weighted by Crippen LogP contribution is -2.26. The van der Waals surface area contributed by atoms with Gasteiger partial charge in [0, 0.05) is 12.6 Å². The maximum atomic E-state index is 5.63. The average Bonchev–Trinajstić information content (AvgIpc) is 2.70. The standard InChI is InChI=1S/C13H25NO/c1-11(2)6-7-12(14-3)8-9-13-5-4-10-15-13/h12-14H,1,4-10H2,2-3H3. The maximum Gasteiger partial charge on any atom is 0.0576 e. The summed E-state index contributed by atoms with van der Waals surface area (Å²) in [5.41, 5.74) is 1.28. The van der Waals surface area contributed by atoms with Gasteiger partial charge in [0.15, 0.2) is 0 Å². The van der Waals surface area contributed by atoms with E-state index in [4.69, 9.17) is 4.74 Å². The molecule has 0 aliphatic carbocycles. The second-order valence-electron chi connectivity index (χ2n) is 4.69. The molecule has 0 amide bonds. The van der Waals surface area contributed by atoms with Crippen molar-refractivity contribution < 1.29 is 4.74 Å². The van der Waals surface area contributed by atoms with Gasteiger partial charge in [-0.15, -0.1) is 6.58 Å². The summed E-state index contributed by atoms with van der Waals surface area (Å²) in [6.07, 6.45) is 7.83. The van der Waals surface area contributed by atoms with Gasteiger partial charge in [-0.3, -0.25) is 0 Å². The average molecular weight is 211 g/mol. The normalized spacial score (nSPS) is 22.9. The van der Waals surface area contributed by atoms with Gasteiger partial charge in [0.05, 0.1) is 6.10 Å². The lowest BCUT2D eigenvalue weighted by molar-refractivity contribution is 0.0995. The molecule has 1 fully saturated rings. The summed E-state index contributed by atoms with van der Waals surface area (Å²) in [6.45, 7) is 7.02. The molecule has 1 rings (SSSR count). The van der Waals surface area contributed by atoms with Gasteiger partial charge in [0.2, 0.25) is 0 Å². The first-order valence-corrected chi connectivity index (χ1v) is 6.15. The molecule has 1 aliphatic rings. The fourth-order valence-electron chi connectivity index (χ4n) is 2.11. The Bertz CT molecular complexity index is 185. The van der Waals surface area contributed by atoms with Crippen molar-refractivity contribution in [1.29, 1.82) is 0 Å². The summed E-state index contributed by atoms with van der Waals surface area (Å²) in [5.74, 6) is 0. The molecule has 0 saturated carbocycles. The second kappa shape index (κ2) is 7.02. The van der Waals surface area contributed by atoms with E-state index < -0.39 is 0 Å². The van der Waals surface area contributed by atoms with Crippen LogP contribution in [0.4, 0.5) is 0 Å². The minimum absolute atomic E-state index is 0.533. The van der Waals surface area contributed by atoms with Crippen molar-refractivity contribution in [2.24, 2.45) is 0 Å². The summed E-state index contributed by atoms with van der Waals surface area (Å²) >= 11 is 0. The monoisotopic (exact) mass is 211 g/mol. The van der Waals surface area contributed by atoms with E-state index in [1.165, 1.54) is 37.7 Å². The van der Waals surface area contributed by atoms with Gasteiger partial charge in [0.25, 0.3) is 0 Å². The van der Waals surface area contributed by atoms with Gasteiger partial charge >= 0.3 is 0 Å². The highest BCUT2D eigenvalue weighted by molar-refractivity contribution is 4.89. The molecule has 1 saturated heterocycles. The number of hydrogen-bond acceptors (Lipinski definition) is 2. The highest BCUT2D eigenvalue weighted by Gasteiger charge is 2.17. The van der Waals surface area contributed by atoms with Crippen molar-refractivity contribution in [3.63, 3.8) is 0 Å². The van der Waals surface area contributed by atoms with E-state index in [2.05, 4.69) is 25.9 Å². The minimum atomic E-state index is 0.533. The molecule has 2 nitrogen and oxygen atoms in total. The molecule has 1 N–H and O–H groups in total. The molecule has 0 aromatic carbocycles. The smallest absolute Gasteiger partial charge is 0.0576 e. The van der Waals surface area contributed by atoms with Crippen molar-refractivity contribution >= 4 is 0 Å². The van der Waals surface area contributed by atoms with E-state index in [-0.39, 0.29) is 0 Å². The summed E-state index contributed by atoms with van der Waals surface area (Å²) in [7, 11) is 2.05. The van der Waals surface area contributed by atoms with Gasteiger partial charge in [-0.2, -0.15) is 0 Å². The number of nitrogens with one attached hydrogen (secondary N) is 1. The molecule has 2 unspecified atom stereocenters. The van der Waals surface area contributed by atoms with Crippen molar-refractivity contribution in [2.75, 3.05) is 13.7 Å². The summed E-state index contributed by atoms with van der Waals surface area (Å²) < 4.78 is 5.63. The quantitative estimate of drug-likeness (QED) is 0.654. The predicted octanol–water partition coefficient (Wildman–Crippen LogP) is 2.89. The third kappa shape index (κ3) is 5.33. The van der Waals surface area contributed by atoms with E-state index in [1.807, 2.05) is 0 Å². The Morgan fingerprint density at radius 2 is 2.33 bits per heavy atom. The van der Waals surface area contributed by atoms with E-state index in [9.17, 15) is 0 Å². The third-order valence-corrected chi connectivity index (χ3v) is 3.19. The van der Waals surface area contributed by atoms with E-state index in [0.717, 1.165) is 13.0 Å². The van der Waals surface area contributed by atoms with E-state index in [1.54, 1.807) is 0 Å². The van der Waals surface area contributed by atoms with Crippen LogP contribution in [0.1, 0.15) is 45.4 Å². The molecule has 1 aliphatic heterocycles. The number of hydrogen-bond donors (Lipinski definition) is 1. The van der Waals surface area contributed by atoms with Crippen LogP contribution in [0.25, 0.3) is 0 Å². The molecule has 1 heterocycles. The molecular formula is C13H25NO. The fraction of sp³-hybridized carbons (Fsp3) is 0.846. The van der Waals surface area contributed by atoms with Crippen molar-refractivity contribution in [3.8, 4) is 0 Å². The van der Waals surface area contributed by atoms with E-state index in [0.29, 0.717) is 12.1 Å². The van der Waals surface area contributed by atoms with Crippen LogP contribution >= 0.6 is 0 Å². The molecule has 88 valence electrons. The Balaban J connectivity index is 2.12. The summed E-state index contributed by atoms with van der Waals surface area (Å²) in [4.78, 5) is 0. The molecule has 15 heavy (non-hydrogen) atoms. The topological polar surface area (TPSA) is 21.3 Å². The second-order valence-corrected chi connectivity index (χ2v) is 4.69. The lowest BCUT2D eigenvalue weighted by atomic mass is 10.0. The van der Waals surface area contributed by atoms with Crippen LogP contribution in [0, 0.1) is 0 Å². The first-order chi connectivity index (χ1) is 7.22. The van der Waals surface area contributed by atoms with Crippen LogP contribution in [-0.4, -0.2) is 25.8 Å². The van der Waals surface area contributed by atoms with Crippen LogP contribution < -0.4 is 5.32 Å². The number of rotatable bonds is 7. The third-order valence-electron chi connectivity index (χ3n) is 3.19. The lowest BCUT2D eigenvalue weighted by Gasteiger charge is -2.18. The van der Waals surface area contributed by atoms with Crippen molar-refractivity contribution in [3.05, 3.63) is 12.2 Å². The molecule has 2 atom stereocenters. The highest BCUT2D eigenvalue weighted by atomic mass is 16.5. The van der Waals surface area contributed by atoms with Gasteiger partial charge in [-0.05, 0) is 52.5 Å². The van der Waals surface area contributed by atoms with Gasteiger partial charge in [-0.25, -0.2) is 0 Å². The zero-order chi connectivity index (χ0) is 11.1. The van der Waals surface area contributed by atoms with Crippen LogP contribution in [0.2, 0.25) is 0 Å². The summed E-state index contributed by atoms with van der Waals surface area (Å²) in [5, 5.41) is 3.38. The van der Waals surface area contributed by atoms with Crippen LogP contribution in [0.15, 0.2) is 12.2 Å². The summed E-state index contributed by atoms with van der Waals surface area (Å²) in [6, 6.07) is 0.630. The minimum Gasteiger partial charge on any atom is -0.378 e. The molecule has 0 spiro atoms. The Hall–Kier alpha value is -0.340. The van der Waals surface area contributed by atoms with Crippen LogP contribution in [0.3, 0.4) is 0 Å². The highest BCUT2D eigenvalue weighted by Crippen LogP contribution is 2.19. The number of allylic oxidation sites excluding steroid dienone is 1. The molecule has 0 radical (unpaired) electrons. The first kappa shape index (κ1) is 12.7. The zero-order valence-electron chi connectivity index (χ0n) is 10.2. The molecule has 0 bridgehead atoms. The van der Waals surface area contributed by atoms with Gasteiger partial charge < -0.3 is 10.1 Å². The number of ether oxygens (including phenoxy) is 1. The van der Waals surface area contributed by atoms with Crippen molar-refractivity contribution in [1.82, 2.24) is 5.32 Å². The molecule has 0 aromatic heterocycles. The van der Waals surface area contributed by atoms with Gasteiger partial charge in [0.1, 0.15) is 0 Å². The Labute approximate surface area is 94.1 Å². The molecule has 2 heteroatoms. The maximum absolute atomic E-state index is 5.63. The largest absolute Gasteiger partial charge is 0.378 e. The molecular weight excluding hydrogens is 186 g/mol. The Kier molecular flexibility index (Phi) is 5.96. The van der Waals surface area contributed by atoms with Gasteiger partial charge in [-0.1, -0.05) is 5.57 Å². The van der Waals surface area contributed by atoms with Crippen molar-refractivity contribution in [2.45, 2.75) is 57.6 Å². The molecule has 0 aromatic rings. The van der Waals surface area contributed by atoms with E-state index >= 15 is 0 Å². The fourth-order valence-corrected chi connectivity index (χ4v) is 2.11.